The zero-order valence-corrected chi connectivity index (χ0v) is 11.4. The number of benzene rings is 1. The minimum atomic E-state index is 0.0197. The van der Waals surface area contributed by atoms with Crippen LogP contribution in [0.25, 0.3) is 0 Å². The number of amides is 1. The van der Waals surface area contributed by atoms with E-state index in [9.17, 15) is 4.79 Å². The van der Waals surface area contributed by atoms with Crippen LogP contribution in [-0.4, -0.2) is 19.0 Å². The van der Waals surface area contributed by atoms with Gasteiger partial charge in [0.1, 0.15) is 0 Å². The van der Waals surface area contributed by atoms with E-state index in [0.29, 0.717) is 6.54 Å². The Hall–Kier alpha value is -1.81. The van der Waals surface area contributed by atoms with E-state index < -0.39 is 0 Å². The monoisotopic (exact) mass is 272 g/mol. The summed E-state index contributed by atoms with van der Waals surface area (Å²) in [5.74, 6) is 0.0197. The molecule has 1 aromatic carbocycles. The Labute approximate surface area is 116 Å². The number of hydrogen-bond donors (Lipinski definition) is 2. The Morgan fingerprint density at radius 3 is 3.16 bits per heavy atom. The molecule has 2 aromatic rings. The van der Waals surface area contributed by atoms with Gasteiger partial charge in [-0.3, -0.25) is 4.79 Å². The maximum Gasteiger partial charge on any atom is 0.251 e. The van der Waals surface area contributed by atoms with Gasteiger partial charge in [0.05, 0.1) is 0 Å². The van der Waals surface area contributed by atoms with Gasteiger partial charge in [-0.05, 0) is 48.1 Å². The van der Waals surface area contributed by atoms with Crippen LogP contribution in [0, 0.1) is 0 Å². The Morgan fingerprint density at radius 1 is 1.37 bits per heavy atom. The number of hydrogen-bond acceptors (Lipinski definition) is 3. The van der Waals surface area contributed by atoms with Crippen molar-refractivity contribution in [3.8, 4) is 0 Å². The molecule has 0 unspecified atom stereocenters. The van der Waals surface area contributed by atoms with Crippen LogP contribution in [0.2, 0.25) is 0 Å². The third kappa shape index (κ3) is 2.79. The number of carbonyl (C=O) groups is 1. The minimum Gasteiger partial charge on any atom is -0.384 e. The summed E-state index contributed by atoms with van der Waals surface area (Å²) in [6, 6.07) is 10.0. The average molecular weight is 272 g/mol. The van der Waals surface area contributed by atoms with E-state index >= 15 is 0 Å². The van der Waals surface area contributed by atoms with Gasteiger partial charge in [-0.15, -0.1) is 11.3 Å². The molecular formula is C15H16N2OS. The van der Waals surface area contributed by atoms with Crippen LogP contribution in [-0.2, 0) is 12.8 Å². The second-order valence-electron chi connectivity index (χ2n) is 4.63. The number of carbonyl (C=O) groups excluding carboxylic acids is 1. The van der Waals surface area contributed by atoms with Gasteiger partial charge in [-0.25, -0.2) is 0 Å². The molecule has 0 atom stereocenters. The third-order valence-electron chi connectivity index (χ3n) is 3.31. The highest BCUT2D eigenvalue weighted by atomic mass is 32.1. The fourth-order valence-corrected chi connectivity index (χ4v) is 3.01. The predicted octanol–water partition coefficient (Wildman–Crippen LogP) is 2.69. The molecule has 1 aromatic heterocycles. The van der Waals surface area contributed by atoms with Crippen LogP contribution in [0.5, 0.6) is 0 Å². The van der Waals surface area contributed by atoms with Crippen LogP contribution < -0.4 is 10.6 Å². The maximum atomic E-state index is 12.0. The fraction of sp³-hybridized carbons (Fsp3) is 0.267. The molecule has 0 saturated carbocycles. The second kappa shape index (κ2) is 5.45. The molecule has 0 saturated heterocycles. The van der Waals surface area contributed by atoms with Gasteiger partial charge in [0.2, 0.25) is 0 Å². The molecule has 3 nitrogen and oxygen atoms in total. The molecule has 0 fully saturated rings. The smallest absolute Gasteiger partial charge is 0.251 e. The molecule has 2 heterocycles. The molecule has 2 N–H and O–H groups in total. The van der Waals surface area contributed by atoms with Crippen molar-refractivity contribution in [2.45, 2.75) is 12.8 Å². The number of rotatable bonds is 4. The van der Waals surface area contributed by atoms with E-state index in [1.807, 2.05) is 24.3 Å². The summed E-state index contributed by atoms with van der Waals surface area (Å²) in [5.41, 5.74) is 3.16. The van der Waals surface area contributed by atoms with E-state index in [4.69, 9.17) is 0 Å². The average Bonchev–Trinajstić information content (AvgIpc) is 3.08. The lowest BCUT2D eigenvalue weighted by atomic mass is 10.1. The highest BCUT2D eigenvalue weighted by Gasteiger charge is 2.13. The van der Waals surface area contributed by atoms with E-state index in [1.165, 1.54) is 10.4 Å². The Balaban J connectivity index is 1.58. The Bertz CT molecular complexity index is 578. The Morgan fingerprint density at radius 2 is 2.32 bits per heavy atom. The molecule has 19 heavy (non-hydrogen) atoms. The predicted molar refractivity (Wildman–Crippen MR) is 79.0 cm³/mol. The number of anilines is 1. The van der Waals surface area contributed by atoms with E-state index in [1.54, 1.807) is 11.3 Å². The molecular weight excluding hydrogens is 256 g/mol. The summed E-state index contributed by atoms with van der Waals surface area (Å²) in [7, 11) is 0. The lowest BCUT2D eigenvalue weighted by Crippen LogP contribution is -2.25. The van der Waals surface area contributed by atoms with Crippen LogP contribution in [0.3, 0.4) is 0 Å². The fourth-order valence-electron chi connectivity index (χ4n) is 2.30. The second-order valence-corrected chi connectivity index (χ2v) is 5.67. The van der Waals surface area contributed by atoms with Crippen LogP contribution >= 0.6 is 11.3 Å². The summed E-state index contributed by atoms with van der Waals surface area (Å²) in [6.07, 6.45) is 1.90. The summed E-state index contributed by atoms with van der Waals surface area (Å²) >= 11 is 1.73. The van der Waals surface area contributed by atoms with Crippen molar-refractivity contribution in [3.05, 3.63) is 51.7 Å². The normalized spacial score (nSPS) is 12.8. The molecule has 1 aliphatic heterocycles. The maximum absolute atomic E-state index is 12.0. The largest absolute Gasteiger partial charge is 0.384 e. The Kier molecular flexibility index (Phi) is 3.51. The van der Waals surface area contributed by atoms with Crippen LogP contribution in [0.15, 0.2) is 35.7 Å². The lowest BCUT2D eigenvalue weighted by Gasteiger charge is -2.06. The van der Waals surface area contributed by atoms with Gasteiger partial charge < -0.3 is 10.6 Å². The van der Waals surface area contributed by atoms with Crippen molar-refractivity contribution in [1.29, 1.82) is 0 Å². The van der Waals surface area contributed by atoms with Crippen molar-refractivity contribution in [3.63, 3.8) is 0 Å². The first-order valence-electron chi connectivity index (χ1n) is 6.50. The molecule has 1 amide bonds. The highest BCUT2D eigenvalue weighted by Crippen LogP contribution is 2.22. The standard InChI is InChI=1S/C15H16N2OS/c18-15(17-8-6-13-2-1-9-19-13)12-3-4-14-11(10-12)5-7-16-14/h1-4,9-10,16H,5-8H2,(H,17,18). The van der Waals surface area contributed by atoms with Crippen molar-refractivity contribution < 1.29 is 4.79 Å². The SMILES string of the molecule is O=C(NCCc1cccs1)c1ccc2c(c1)CCN2. The van der Waals surface area contributed by atoms with Crippen LogP contribution in [0.4, 0.5) is 5.69 Å². The molecule has 3 rings (SSSR count). The zero-order valence-electron chi connectivity index (χ0n) is 10.6. The van der Waals surface area contributed by atoms with E-state index in [0.717, 1.165) is 30.6 Å². The summed E-state index contributed by atoms with van der Waals surface area (Å²) in [5, 5.41) is 8.33. The molecule has 1 aliphatic rings. The first-order chi connectivity index (χ1) is 9.33. The highest BCUT2D eigenvalue weighted by molar-refractivity contribution is 7.09. The zero-order chi connectivity index (χ0) is 13.1. The van der Waals surface area contributed by atoms with Crippen molar-refractivity contribution in [1.82, 2.24) is 5.32 Å². The quantitative estimate of drug-likeness (QED) is 0.898. The lowest BCUT2D eigenvalue weighted by molar-refractivity contribution is 0.0954. The van der Waals surface area contributed by atoms with Crippen molar-refractivity contribution in [2.75, 3.05) is 18.4 Å². The van der Waals surface area contributed by atoms with Gasteiger partial charge in [0.25, 0.3) is 5.91 Å². The van der Waals surface area contributed by atoms with Crippen molar-refractivity contribution >= 4 is 22.9 Å². The van der Waals surface area contributed by atoms with Gasteiger partial charge in [-0.1, -0.05) is 6.07 Å². The summed E-state index contributed by atoms with van der Waals surface area (Å²) < 4.78 is 0. The van der Waals surface area contributed by atoms with E-state index in [2.05, 4.69) is 22.1 Å². The molecule has 98 valence electrons. The van der Waals surface area contributed by atoms with Gasteiger partial charge in [0.15, 0.2) is 0 Å². The summed E-state index contributed by atoms with van der Waals surface area (Å²) in [4.78, 5) is 13.3. The number of nitrogens with one attached hydrogen (secondary N) is 2. The topological polar surface area (TPSA) is 41.1 Å². The third-order valence-corrected chi connectivity index (χ3v) is 4.25. The van der Waals surface area contributed by atoms with Crippen LogP contribution in [0.1, 0.15) is 20.8 Å². The first-order valence-corrected chi connectivity index (χ1v) is 7.38. The first kappa shape index (κ1) is 12.2. The van der Waals surface area contributed by atoms with Gasteiger partial charge >= 0.3 is 0 Å². The van der Waals surface area contributed by atoms with Crippen molar-refractivity contribution in [2.24, 2.45) is 0 Å². The van der Waals surface area contributed by atoms with Gasteiger partial charge in [0, 0.05) is 29.2 Å². The molecule has 0 aliphatic carbocycles. The molecule has 0 radical (unpaired) electrons. The molecule has 0 spiro atoms. The summed E-state index contributed by atoms with van der Waals surface area (Å²) in [6.45, 7) is 1.66. The number of fused-ring (bicyclic) bond motifs is 1. The minimum absolute atomic E-state index is 0.0197. The van der Waals surface area contributed by atoms with Gasteiger partial charge in [-0.2, -0.15) is 0 Å². The van der Waals surface area contributed by atoms with E-state index in [-0.39, 0.29) is 5.91 Å². The molecule has 4 heteroatoms. The number of thiophene rings is 1. The molecule has 0 bridgehead atoms.